The van der Waals surface area contributed by atoms with E-state index in [2.05, 4.69) is 10.3 Å². The Balaban J connectivity index is 1.48. The van der Waals surface area contributed by atoms with Gasteiger partial charge >= 0.3 is 0 Å². The van der Waals surface area contributed by atoms with Crippen molar-refractivity contribution in [2.45, 2.75) is 32.2 Å². The van der Waals surface area contributed by atoms with Gasteiger partial charge in [0.15, 0.2) is 11.6 Å². The number of hydrogen-bond acceptors (Lipinski definition) is 5. The Morgan fingerprint density at radius 1 is 1.10 bits per heavy atom. The fourth-order valence-corrected chi connectivity index (χ4v) is 2.93. The maximum atomic E-state index is 13.9. The Labute approximate surface area is 169 Å². The molecule has 0 atom stereocenters. The number of halogens is 1. The van der Waals surface area contributed by atoms with Crippen molar-refractivity contribution in [1.29, 1.82) is 0 Å². The van der Waals surface area contributed by atoms with Crippen molar-refractivity contribution in [2.75, 3.05) is 20.3 Å². The third-order valence-corrected chi connectivity index (χ3v) is 5.10. The van der Waals surface area contributed by atoms with Crippen molar-refractivity contribution in [3.05, 3.63) is 47.4 Å². The summed E-state index contributed by atoms with van der Waals surface area (Å²) < 4.78 is 30.5. The number of amides is 1. The zero-order valence-electron chi connectivity index (χ0n) is 16.4. The molecular weight excluding hydrogens is 375 g/mol. The number of ether oxygens (including phenoxy) is 3. The highest BCUT2D eigenvalue weighted by atomic mass is 19.1. The number of methoxy groups -OCH3 is 1. The van der Waals surface area contributed by atoms with E-state index in [4.69, 9.17) is 14.2 Å². The van der Waals surface area contributed by atoms with Crippen LogP contribution in [0.2, 0.25) is 0 Å². The summed E-state index contributed by atoms with van der Waals surface area (Å²) in [4.78, 5) is 17.2. The van der Waals surface area contributed by atoms with E-state index in [1.165, 1.54) is 19.2 Å². The van der Waals surface area contributed by atoms with Crippen LogP contribution >= 0.6 is 0 Å². The van der Waals surface area contributed by atoms with Gasteiger partial charge in [0.2, 0.25) is 5.88 Å². The third kappa shape index (κ3) is 5.16. The minimum absolute atomic E-state index is 0.165. The van der Waals surface area contributed by atoms with E-state index in [9.17, 15) is 9.18 Å². The molecule has 0 saturated heterocycles. The van der Waals surface area contributed by atoms with Crippen LogP contribution in [0.25, 0.3) is 0 Å². The van der Waals surface area contributed by atoms with E-state index in [0.29, 0.717) is 41.9 Å². The van der Waals surface area contributed by atoms with Gasteiger partial charge in [-0.1, -0.05) is 6.07 Å². The number of aromatic nitrogens is 1. The number of rotatable bonds is 10. The average Bonchev–Trinajstić information content (AvgIpc) is 3.63. The zero-order valence-corrected chi connectivity index (χ0v) is 16.4. The molecule has 1 heterocycles. The monoisotopic (exact) mass is 400 g/mol. The first-order valence-corrected chi connectivity index (χ1v) is 9.99. The number of nitrogens with zero attached hydrogens (tertiary/aromatic N) is 1. The Hall–Kier alpha value is -2.83. The Bertz CT molecular complexity index is 847. The summed E-state index contributed by atoms with van der Waals surface area (Å²) in [6, 6.07) is 6.28. The van der Waals surface area contributed by atoms with Crippen LogP contribution < -0.4 is 19.5 Å². The van der Waals surface area contributed by atoms with Crippen LogP contribution in [0, 0.1) is 17.7 Å². The van der Waals surface area contributed by atoms with Crippen LogP contribution in [0.5, 0.6) is 17.4 Å². The Morgan fingerprint density at radius 3 is 2.48 bits per heavy atom. The zero-order chi connectivity index (χ0) is 20.2. The fourth-order valence-electron chi connectivity index (χ4n) is 2.93. The van der Waals surface area contributed by atoms with Gasteiger partial charge < -0.3 is 19.5 Å². The van der Waals surface area contributed by atoms with Crippen LogP contribution in [0.3, 0.4) is 0 Å². The second-order valence-electron chi connectivity index (χ2n) is 7.65. The average molecular weight is 400 g/mol. The predicted molar refractivity (Wildman–Crippen MR) is 105 cm³/mol. The van der Waals surface area contributed by atoms with Crippen LogP contribution in [-0.4, -0.2) is 31.2 Å². The molecule has 2 aliphatic carbocycles. The van der Waals surface area contributed by atoms with E-state index in [-0.39, 0.29) is 24.1 Å². The molecule has 4 rings (SSSR count). The lowest BCUT2D eigenvalue weighted by Crippen LogP contribution is -2.25. The summed E-state index contributed by atoms with van der Waals surface area (Å²) in [7, 11) is 1.41. The second-order valence-corrected chi connectivity index (χ2v) is 7.65. The lowest BCUT2D eigenvalue weighted by atomic mass is 10.2. The van der Waals surface area contributed by atoms with E-state index in [0.717, 1.165) is 25.7 Å². The molecular formula is C22H25FN2O4. The van der Waals surface area contributed by atoms with Gasteiger partial charge in [-0.25, -0.2) is 9.37 Å². The highest BCUT2D eigenvalue weighted by Crippen LogP contribution is 2.34. The molecule has 6 nitrogen and oxygen atoms in total. The quantitative estimate of drug-likeness (QED) is 0.658. The molecule has 2 aromatic rings. The maximum absolute atomic E-state index is 13.9. The molecule has 0 unspecified atom stereocenters. The molecule has 0 aliphatic heterocycles. The number of pyridine rings is 1. The van der Waals surface area contributed by atoms with Gasteiger partial charge in [-0.15, -0.1) is 0 Å². The first-order chi connectivity index (χ1) is 14.1. The first-order valence-electron chi connectivity index (χ1n) is 9.99. The first kappa shape index (κ1) is 19.5. The molecule has 1 amide bonds. The van der Waals surface area contributed by atoms with Gasteiger partial charge in [0.05, 0.1) is 20.3 Å². The van der Waals surface area contributed by atoms with Crippen molar-refractivity contribution in [3.63, 3.8) is 0 Å². The van der Waals surface area contributed by atoms with Crippen molar-refractivity contribution >= 4 is 5.91 Å². The molecule has 0 bridgehead atoms. The summed E-state index contributed by atoms with van der Waals surface area (Å²) in [6.45, 7) is 1.29. The summed E-state index contributed by atoms with van der Waals surface area (Å²) in [5, 5.41) is 2.82. The second kappa shape index (κ2) is 8.68. The van der Waals surface area contributed by atoms with E-state index in [1.807, 2.05) is 0 Å². The van der Waals surface area contributed by atoms with Gasteiger partial charge in [-0.05, 0) is 61.3 Å². The largest absolute Gasteiger partial charge is 0.494 e. The van der Waals surface area contributed by atoms with Gasteiger partial charge in [0.1, 0.15) is 11.3 Å². The number of carbonyl (C=O) groups is 1. The van der Waals surface area contributed by atoms with E-state index >= 15 is 0 Å². The topological polar surface area (TPSA) is 69.7 Å². The number of nitrogens with one attached hydrogen (secondary N) is 1. The van der Waals surface area contributed by atoms with Gasteiger partial charge in [0.25, 0.3) is 5.91 Å². The highest BCUT2D eigenvalue weighted by Gasteiger charge is 2.27. The minimum Gasteiger partial charge on any atom is -0.494 e. The number of hydrogen-bond donors (Lipinski definition) is 1. The normalized spacial score (nSPS) is 15.7. The fraction of sp³-hybridized carbons (Fsp3) is 0.455. The SMILES string of the molecule is COc1ccc(CNC(=O)c2c(OCC3CC3)ccnc2OCC2CC2)cc1F. The summed E-state index contributed by atoms with van der Waals surface area (Å²) in [6.07, 6.45) is 6.19. The summed E-state index contributed by atoms with van der Waals surface area (Å²) >= 11 is 0. The standard InChI is InChI=1S/C22H25FN2O4/c1-27-18-7-6-16(10-17(18)23)11-25-21(26)20-19(28-12-14-2-3-14)8-9-24-22(20)29-13-15-4-5-15/h6-10,14-15H,2-5,11-13H2,1H3,(H,25,26). The smallest absolute Gasteiger partial charge is 0.260 e. The van der Waals surface area contributed by atoms with Crippen LogP contribution in [-0.2, 0) is 6.54 Å². The summed E-state index contributed by atoms with van der Waals surface area (Å²) in [5.41, 5.74) is 0.921. The van der Waals surface area contributed by atoms with Crippen molar-refractivity contribution < 1.29 is 23.4 Å². The van der Waals surface area contributed by atoms with Gasteiger partial charge in [-0.3, -0.25) is 4.79 Å². The molecule has 29 heavy (non-hydrogen) atoms. The Kier molecular flexibility index (Phi) is 5.83. The molecule has 0 spiro atoms. The molecule has 1 N–H and O–H groups in total. The third-order valence-electron chi connectivity index (χ3n) is 5.10. The molecule has 2 saturated carbocycles. The van der Waals surface area contributed by atoms with Gasteiger partial charge in [-0.2, -0.15) is 0 Å². The lowest BCUT2D eigenvalue weighted by Gasteiger charge is -2.15. The van der Waals surface area contributed by atoms with Crippen LogP contribution in [0.1, 0.15) is 41.6 Å². The van der Waals surface area contributed by atoms with Crippen molar-refractivity contribution in [2.24, 2.45) is 11.8 Å². The Morgan fingerprint density at radius 2 is 1.83 bits per heavy atom. The van der Waals surface area contributed by atoms with Crippen LogP contribution in [0.15, 0.2) is 30.5 Å². The lowest BCUT2D eigenvalue weighted by molar-refractivity contribution is 0.0940. The van der Waals surface area contributed by atoms with E-state index < -0.39 is 5.82 Å². The molecule has 154 valence electrons. The minimum atomic E-state index is -0.470. The molecule has 7 heteroatoms. The molecule has 2 fully saturated rings. The highest BCUT2D eigenvalue weighted by molar-refractivity contribution is 5.99. The van der Waals surface area contributed by atoms with Crippen molar-refractivity contribution in [1.82, 2.24) is 10.3 Å². The predicted octanol–water partition coefficient (Wildman–Crippen LogP) is 3.74. The van der Waals surface area contributed by atoms with Crippen molar-refractivity contribution in [3.8, 4) is 17.4 Å². The van der Waals surface area contributed by atoms with Gasteiger partial charge in [0, 0.05) is 12.7 Å². The summed E-state index contributed by atoms with van der Waals surface area (Å²) in [5.74, 6) is 1.18. The van der Waals surface area contributed by atoms with Crippen LogP contribution in [0.4, 0.5) is 4.39 Å². The number of carbonyl (C=O) groups excluding carboxylic acids is 1. The molecule has 1 aromatic carbocycles. The number of benzene rings is 1. The molecule has 0 radical (unpaired) electrons. The maximum Gasteiger partial charge on any atom is 0.260 e. The molecule has 2 aliphatic rings. The molecule has 1 aromatic heterocycles. The van der Waals surface area contributed by atoms with E-state index in [1.54, 1.807) is 18.3 Å².